The van der Waals surface area contributed by atoms with Crippen LogP contribution in [0.15, 0.2) is 30.3 Å². The van der Waals surface area contributed by atoms with E-state index in [1.54, 1.807) is 11.3 Å². The molecule has 106 valence electrons. The van der Waals surface area contributed by atoms with E-state index < -0.39 is 0 Å². The zero-order chi connectivity index (χ0) is 13.9. The third-order valence-corrected chi connectivity index (χ3v) is 4.59. The number of nitrogens with zero attached hydrogens (tertiary/aromatic N) is 3. The Morgan fingerprint density at radius 3 is 2.55 bits per heavy atom. The van der Waals surface area contributed by atoms with Crippen molar-refractivity contribution in [3.8, 4) is 11.3 Å². The second-order valence-corrected chi connectivity index (χ2v) is 6.38. The van der Waals surface area contributed by atoms with Crippen LogP contribution in [-0.4, -0.2) is 48.0 Å². The number of piperazine rings is 1. The third-order valence-electron chi connectivity index (χ3n) is 3.72. The molecule has 0 atom stereocenters. The maximum Gasteiger partial charge on any atom is 0.180 e. The maximum atomic E-state index is 5.92. The summed E-state index contributed by atoms with van der Waals surface area (Å²) in [6.45, 7) is 5.45. The highest BCUT2D eigenvalue weighted by atomic mass is 32.1. The zero-order valence-electron chi connectivity index (χ0n) is 11.7. The topological polar surface area (TPSA) is 45.4 Å². The van der Waals surface area contributed by atoms with E-state index in [0.29, 0.717) is 5.13 Å². The van der Waals surface area contributed by atoms with E-state index in [0.717, 1.165) is 44.0 Å². The van der Waals surface area contributed by atoms with Crippen LogP contribution in [0.25, 0.3) is 11.3 Å². The number of nitrogen functional groups attached to an aromatic ring is 1. The van der Waals surface area contributed by atoms with Crippen LogP contribution in [0.2, 0.25) is 0 Å². The highest BCUT2D eigenvalue weighted by Crippen LogP contribution is 2.30. The van der Waals surface area contributed by atoms with Crippen molar-refractivity contribution in [3.05, 3.63) is 35.2 Å². The van der Waals surface area contributed by atoms with Gasteiger partial charge >= 0.3 is 0 Å². The van der Waals surface area contributed by atoms with Gasteiger partial charge in [0.25, 0.3) is 0 Å². The predicted octanol–water partition coefficient (Wildman–Crippen LogP) is 2.14. The fraction of sp³-hybridized carbons (Fsp3) is 0.400. The molecule has 1 aliphatic heterocycles. The highest BCUT2D eigenvalue weighted by Gasteiger charge is 2.18. The van der Waals surface area contributed by atoms with Crippen molar-refractivity contribution in [2.24, 2.45) is 0 Å². The Labute approximate surface area is 123 Å². The first-order valence-corrected chi connectivity index (χ1v) is 7.75. The monoisotopic (exact) mass is 288 g/mol. The van der Waals surface area contributed by atoms with Crippen LogP contribution in [0, 0.1) is 0 Å². The summed E-state index contributed by atoms with van der Waals surface area (Å²) < 4.78 is 0. The molecule has 0 radical (unpaired) electrons. The minimum Gasteiger partial charge on any atom is -0.375 e. The number of benzene rings is 1. The average Bonchev–Trinajstić information content (AvgIpc) is 2.83. The molecule has 20 heavy (non-hydrogen) atoms. The van der Waals surface area contributed by atoms with Gasteiger partial charge in [-0.15, -0.1) is 11.3 Å². The molecular weight excluding hydrogens is 268 g/mol. The number of hydrogen-bond donors (Lipinski definition) is 1. The minimum atomic E-state index is 0.660. The van der Waals surface area contributed by atoms with Gasteiger partial charge in [0.1, 0.15) is 0 Å². The van der Waals surface area contributed by atoms with E-state index in [9.17, 15) is 0 Å². The van der Waals surface area contributed by atoms with Gasteiger partial charge in [-0.25, -0.2) is 4.98 Å². The fourth-order valence-corrected chi connectivity index (χ4v) is 3.40. The van der Waals surface area contributed by atoms with Gasteiger partial charge in [-0.1, -0.05) is 30.3 Å². The summed E-state index contributed by atoms with van der Waals surface area (Å²) in [6, 6.07) is 10.3. The largest absolute Gasteiger partial charge is 0.375 e. The molecule has 1 saturated heterocycles. The SMILES string of the molecule is CN1CCN(Cc2sc(N)nc2-c2ccccc2)CC1. The number of anilines is 1. The Kier molecular flexibility index (Phi) is 4.00. The van der Waals surface area contributed by atoms with Crippen molar-refractivity contribution < 1.29 is 0 Å². The van der Waals surface area contributed by atoms with E-state index in [-0.39, 0.29) is 0 Å². The molecule has 0 saturated carbocycles. The molecule has 0 aliphatic carbocycles. The Bertz CT molecular complexity index is 559. The second-order valence-electron chi connectivity index (χ2n) is 5.27. The van der Waals surface area contributed by atoms with Crippen molar-refractivity contribution >= 4 is 16.5 Å². The first-order chi connectivity index (χ1) is 9.72. The normalized spacial score (nSPS) is 17.4. The van der Waals surface area contributed by atoms with Gasteiger partial charge in [0, 0.05) is 43.2 Å². The van der Waals surface area contributed by atoms with Gasteiger partial charge in [-0.2, -0.15) is 0 Å². The van der Waals surface area contributed by atoms with Crippen molar-refractivity contribution in [1.29, 1.82) is 0 Å². The standard InChI is InChI=1S/C15H20N4S/c1-18-7-9-19(10-8-18)11-13-14(17-15(16)20-13)12-5-3-2-4-6-12/h2-6H,7-11H2,1H3,(H2,16,17). The first-order valence-electron chi connectivity index (χ1n) is 6.94. The van der Waals surface area contributed by atoms with Gasteiger partial charge in [0.15, 0.2) is 5.13 Å². The average molecular weight is 288 g/mol. The number of thiazole rings is 1. The number of likely N-dealkylation sites (N-methyl/N-ethyl adjacent to an activating group) is 1. The highest BCUT2D eigenvalue weighted by molar-refractivity contribution is 7.15. The lowest BCUT2D eigenvalue weighted by Crippen LogP contribution is -2.43. The van der Waals surface area contributed by atoms with Gasteiger partial charge < -0.3 is 10.6 Å². The second kappa shape index (κ2) is 5.91. The Balaban J connectivity index is 1.80. The molecule has 2 N–H and O–H groups in total. The van der Waals surface area contributed by atoms with Crippen LogP contribution >= 0.6 is 11.3 Å². The first kappa shape index (κ1) is 13.5. The van der Waals surface area contributed by atoms with Crippen molar-refractivity contribution in [2.75, 3.05) is 39.0 Å². The van der Waals surface area contributed by atoms with Gasteiger partial charge in [-0.3, -0.25) is 4.90 Å². The molecule has 5 heteroatoms. The van der Waals surface area contributed by atoms with E-state index >= 15 is 0 Å². The van der Waals surface area contributed by atoms with E-state index in [2.05, 4.69) is 34.0 Å². The van der Waals surface area contributed by atoms with Gasteiger partial charge in [-0.05, 0) is 7.05 Å². The molecule has 0 spiro atoms. The van der Waals surface area contributed by atoms with E-state index in [1.807, 2.05) is 18.2 Å². The molecule has 1 fully saturated rings. The summed E-state index contributed by atoms with van der Waals surface area (Å²) in [6.07, 6.45) is 0. The molecule has 0 bridgehead atoms. The Morgan fingerprint density at radius 2 is 1.85 bits per heavy atom. The summed E-state index contributed by atoms with van der Waals surface area (Å²) in [5.74, 6) is 0. The molecule has 2 aromatic rings. The van der Waals surface area contributed by atoms with Crippen LogP contribution in [0.4, 0.5) is 5.13 Å². The number of hydrogen-bond acceptors (Lipinski definition) is 5. The van der Waals surface area contributed by atoms with E-state index in [1.165, 1.54) is 4.88 Å². The van der Waals surface area contributed by atoms with Crippen LogP contribution in [-0.2, 0) is 6.54 Å². The predicted molar refractivity (Wildman–Crippen MR) is 84.7 cm³/mol. The lowest BCUT2D eigenvalue weighted by atomic mass is 10.1. The zero-order valence-corrected chi connectivity index (χ0v) is 12.6. The molecule has 3 rings (SSSR count). The van der Waals surface area contributed by atoms with Crippen LogP contribution in [0.3, 0.4) is 0 Å². The molecule has 2 heterocycles. The molecular formula is C15H20N4S. The minimum absolute atomic E-state index is 0.660. The lowest BCUT2D eigenvalue weighted by Gasteiger charge is -2.32. The molecule has 1 aromatic carbocycles. The summed E-state index contributed by atoms with van der Waals surface area (Å²) in [5, 5.41) is 0.660. The number of rotatable bonds is 3. The molecule has 1 aliphatic rings. The lowest BCUT2D eigenvalue weighted by molar-refractivity contribution is 0.149. The van der Waals surface area contributed by atoms with Crippen LogP contribution in [0.5, 0.6) is 0 Å². The van der Waals surface area contributed by atoms with Gasteiger partial charge in [0.05, 0.1) is 5.69 Å². The smallest absolute Gasteiger partial charge is 0.180 e. The fourth-order valence-electron chi connectivity index (χ4n) is 2.51. The van der Waals surface area contributed by atoms with Gasteiger partial charge in [0.2, 0.25) is 0 Å². The Hall–Kier alpha value is -1.43. The summed E-state index contributed by atoms with van der Waals surface area (Å²) >= 11 is 1.62. The van der Waals surface area contributed by atoms with E-state index in [4.69, 9.17) is 5.73 Å². The number of nitrogens with two attached hydrogens (primary N) is 1. The molecule has 0 unspecified atom stereocenters. The summed E-state index contributed by atoms with van der Waals surface area (Å²) in [7, 11) is 2.18. The number of aromatic nitrogens is 1. The third kappa shape index (κ3) is 3.00. The molecule has 4 nitrogen and oxygen atoms in total. The summed E-state index contributed by atoms with van der Waals surface area (Å²) in [5.41, 5.74) is 8.13. The molecule has 0 amide bonds. The maximum absolute atomic E-state index is 5.92. The van der Waals surface area contributed by atoms with Crippen molar-refractivity contribution in [1.82, 2.24) is 14.8 Å². The summed E-state index contributed by atoms with van der Waals surface area (Å²) in [4.78, 5) is 10.7. The van der Waals surface area contributed by atoms with Crippen LogP contribution in [0.1, 0.15) is 4.88 Å². The van der Waals surface area contributed by atoms with Crippen molar-refractivity contribution in [2.45, 2.75) is 6.54 Å². The quantitative estimate of drug-likeness (QED) is 0.940. The Morgan fingerprint density at radius 1 is 1.15 bits per heavy atom. The van der Waals surface area contributed by atoms with Crippen LogP contribution < -0.4 is 5.73 Å². The van der Waals surface area contributed by atoms with Crippen molar-refractivity contribution in [3.63, 3.8) is 0 Å². The molecule has 1 aromatic heterocycles.